The molecular weight excluding hydrogens is 627 g/mol. The predicted octanol–water partition coefficient (Wildman–Crippen LogP) is 12.9. The standard InChI is InChI=1S/C51H41N/c1-2-19-37(20-3-1)52(38-30-29-34-15-4-5-17-36(34)31-38)50-33-49-44(32-45(50)40-25-14-18-35-16-6-7-21-39(35)40)43-24-10-13-28-48(43)51(49)46-26-11-8-22-41(46)42-23-9-12-27-47(42)51/h1-3,8-14,18-20,22-33H,4-7,15-17,21H2. The van der Waals surface area contributed by atoms with Crippen molar-refractivity contribution >= 4 is 17.1 Å². The summed E-state index contributed by atoms with van der Waals surface area (Å²) >= 11 is 0. The van der Waals surface area contributed by atoms with E-state index in [1.54, 1.807) is 0 Å². The van der Waals surface area contributed by atoms with Gasteiger partial charge in [0, 0.05) is 16.9 Å². The lowest BCUT2D eigenvalue weighted by Crippen LogP contribution is -2.26. The molecule has 1 spiro atoms. The van der Waals surface area contributed by atoms with Crippen LogP contribution in [0.1, 0.15) is 70.2 Å². The summed E-state index contributed by atoms with van der Waals surface area (Å²) in [6, 6.07) is 58.3. The van der Waals surface area contributed by atoms with Gasteiger partial charge >= 0.3 is 0 Å². The maximum Gasteiger partial charge on any atom is 0.0726 e. The largest absolute Gasteiger partial charge is 0.310 e. The van der Waals surface area contributed by atoms with Crippen LogP contribution in [0, 0.1) is 0 Å². The molecule has 0 N–H and O–H groups in total. The van der Waals surface area contributed by atoms with Gasteiger partial charge in [-0.3, -0.25) is 0 Å². The smallest absolute Gasteiger partial charge is 0.0726 e. The molecule has 7 aromatic carbocycles. The molecule has 4 aliphatic rings. The van der Waals surface area contributed by atoms with Gasteiger partial charge in [0.2, 0.25) is 0 Å². The lowest BCUT2D eigenvalue weighted by Gasteiger charge is -2.34. The summed E-state index contributed by atoms with van der Waals surface area (Å²) in [6.45, 7) is 0. The van der Waals surface area contributed by atoms with Crippen molar-refractivity contribution in [2.24, 2.45) is 0 Å². The minimum absolute atomic E-state index is 0.402. The number of rotatable bonds is 4. The molecule has 0 heterocycles. The highest BCUT2D eigenvalue weighted by Crippen LogP contribution is 2.64. The van der Waals surface area contributed by atoms with E-state index in [-0.39, 0.29) is 0 Å². The summed E-state index contributed by atoms with van der Waals surface area (Å²) in [5, 5.41) is 0. The Bertz CT molecular complexity index is 2490. The molecule has 4 aliphatic carbocycles. The number of para-hydroxylation sites is 1. The van der Waals surface area contributed by atoms with E-state index in [0.29, 0.717) is 0 Å². The molecule has 1 nitrogen and oxygen atoms in total. The summed E-state index contributed by atoms with van der Waals surface area (Å²) in [5.41, 5.74) is 23.0. The van der Waals surface area contributed by atoms with Crippen molar-refractivity contribution in [2.45, 2.75) is 56.8 Å². The van der Waals surface area contributed by atoms with Crippen molar-refractivity contribution in [3.8, 4) is 33.4 Å². The fourth-order valence-corrected chi connectivity index (χ4v) is 10.4. The van der Waals surface area contributed by atoms with Gasteiger partial charge in [-0.1, -0.05) is 115 Å². The van der Waals surface area contributed by atoms with Crippen LogP contribution in [0.2, 0.25) is 0 Å². The Balaban J connectivity index is 1.27. The molecule has 52 heavy (non-hydrogen) atoms. The number of benzene rings is 7. The average molecular weight is 668 g/mol. The molecule has 0 atom stereocenters. The van der Waals surface area contributed by atoms with Crippen LogP contribution in [0.25, 0.3) is 33.4 Å². The van der Waals surface area contributed by atoms with Crippen LogP contribution in [0.15, 0.2) is 152 Å². The highest BCUT2D eigenvalue weighted by Gasteiger charge is 2.52. The van der Waals surface area contributed by atoms with Gasteiger partial charge in [-0.15, -0.1) is 0 Å². The van der Waals surface area contributed by atoms with Gasteiger partial charge in [0.1, 0.15) is 0 Å². The van der Waals surface area contributed by atoms with E-state index in [2.05, 4.69) is 157 Å². The summed E-state index contributed by atoms with van der Waals surface area (Å²) in [7, 11) is 0. The van der Waals surface area contributed by atoms with Crippen LogP contribution in [0.3, 0.4) is 0 Å². The molecule has 0 aromatic heterocycles. The van der Waals surface area contributed by atoms with Crippen LogP contribution in [0.4, 0.5) is 17.1 Å². The molecule has 0 fully saturated rings. The number of fused-ring (bicyclic) bond motifs is 12. The monoisotopic (exact) mass is 667 g/mol. The third-order valence-corrected chi connectivity index (χ3v) is 12.6. The van der Waals surface area contributed by atoms with Gasteiger partial charge in [-0.2, -0.15) is 0 Å². The van der Waals surface area contributed by atoms with Crippen molar-refractivity contribution in [1.29, 1.82) is 0 Å². The first-order chi connectivity index (χ1) is 25.8. The lowest BCUT2D eigenvalue weighted by molar-refractivity contribution is 0.685. The molecule has 0 aliphatic heterocycles. The fraction of sp³-hybridized carbons (Fsp3) is 0.176. The Morgan fingerprint density at radius 1 is 0.346 bits per heavy atom. The second kappa shape index (κ2) is 11.7. The number of anilines is 3. The molecule has 250 valence electrons. The molecule has 0 unspecified atom stereocenters. The molecule has 11 rings (SSSR count). The average Bonchev–Trinajstić information content (AvgIpc) is 3.68. The van der Waals surface area contributed by atoms with Gasteiger partial charge in [0.15, 0.2) is 0 Å². The van der Waals surface area contributed by atoms with Crippen LogP contribution in [0.5, 0.6) is 0 Å². The second-order valence-electron chi connectivity index (χ2n) is 15.3. The fourth-order valence-electron chi connectivity index (χ4n) is 10.4. The molecule has 7 aromatic rings. The predicted molar refractivity (Wildman–Crippen MR) is 216 cm³/mol. The molecule has 0 radical (unpaired) electrons. The van der Waals surface area contributed by atoms with E-state index in [1.165, 1.54) is 127 Å². The molecule has 0 saturated carbocycles. The minimum atomic E-state index is -0.402. The first-order valence-corrected chi connectivity index (χ1v) is 19.4. The van der Waals surface area contributed by atoms with E-state index in [1.807, 2.05) is 0 Å². The molecule has 0 bridgehead atoms. The number of hydrogen-bond donors (Lipinski definition) is 0. The van der Waals surface area contributed by atoms with E-state index < -0.39 is 5.41 Å². The zero-order valence-corrected chi connectivity index (χ0v) is 29.5. The maximum atomic E-state index is 2.61. The van der Waals surface area contributed by atoms with Crippen molar-refractivity contribution in [3.63, 3.8) is 0 Å². The molecular formula is C51H41N. The lowest BCUT2D eigenvalue weighted by atomic mass is 9.70. The third-order valence-electron chi connectivity index (χ3n) is 12.6. The number of aryl methyl sites for hydroxylation is 3. The van der Waals surface area contributed by atoms with Gasteiger partial charge < -0.3 is 4.90 Å². The Kier molecular flexibility index (Phi) is 6.74. The zero-order chi connectivity index (χ0) is 34.2. The normalized spacial score (nSPS) is 15.6. The minimum Gasteiger partial charge on any atom is -0.310 e. The second-order valence-corrected chi connectivity index (χ2v) is 15.3. The van der Waals surface area contributed by atoms with E-state index in [4.69, 9.17) is 0 Å². The highest BCUT2D eigenvalue weighted by atomic mass is 15.1. The van der Waals surface area contributed by atoms with Gasteiger partial charge in [-0.25, -0.2) is 0 Å². The van der Waals surface area contributed by atoms with E-state index in [0.717, 1.165) is 19.3 Å². The highest BCUT2D eigenvalue weighted by molar-refractivity contribution is 6.00. The Labute approximate surface area is 307 Å². The maximum absolute atomic E-state index is 2.61. The molecule has 0 saturated heterocycles. The van der Waals surface area contributed by atoms with E-state index >= 15 is 0 Å². The Morgan fingerprint density at radius 3 is 1.63 bits per heavy atom. The summed E-state index contributed by atoms with van der Waals surface area (Å²) in [5.74, 6) is 0. The van der Waals surface area contributed by atoms with Crippen molar-refractivity contribution < 1.29 is 0 Å². The van der Waals surface area contributed by atoms with Crippen LogP contribution in [-0.4, -0.2) is 0 Å². The topological polar surface area (TPSA) is 3.24 Å². The molecule has 1 heteroatoms. The van der Waals surface area contributed by atoms with E-state index in [9.17, 15) is 0 Å². The van der Waals surface area contributed by atoms with Gasteiger partial charge in [-0.05, 0) is 160 Å². The third kappa shape index (κ3) is 4.23. The first-order valence-electron chi connectivity index (χ1n) is 19.4. The summed E-state index contributed by atoms with van der Waals surface area (Å²) in [6.07, 6.45) is 9.70. The van der Waals surface area contributed by atoms with Crippen LogP contribution in [-0.2, 0) is 31.1 Å². The van der Waals surface area contributed by atoms with Crippen molar-refractivity contribution in [1.82, 2.24) is 0 Å². The van der Waals surface area contributed by atoms with Crippen LogP contribution >= 0.6 is 0 Å². The first kappa shape index (κ1) is 30.0. The Hall–Kier alpha value is -5.66. The summed E-state index contributed by atoms with van der Waals surface area (Å²) in [4.78, 5) is 2.58. The van der Waals surface area contributed by atoms with Crippen LogP contribution < -0.4 is 4.90 Å². The van der Waals surface area contributed by atoms with Crippen molar-refractivity contribution in [2.75, 3.05) is 4.90 Å². The molecule has 0 amide bonds. The van der Waals surface area contributed by atoms with Gasteiger partial charge in [0.25, 0.3) is 0 Å². The zero-order valence-electron chi connectivity index (χ0n) is 29.5. The SMILES string of the molecule is c1ccc(N(c2ccc3c(c2)CCCC3)c2cc3c(cc2-c2cccc4c2CCCC4)-c2ccccc2C32c3ccccc3-c3ccccc32)cc1. The number of hydrogen-bond acceptors (Lipinski definition) is 1. The number of nitrogens with zero attached hydrogens (tertiary/aromatic N) is 1. The quantitative estimate of drug-likeness (QED) is 0.181. The Morgan fingerprint density at radius 2 is 0.923 bits per heavy atom. The van der Waals surface area contributed by atoms with Gasteiger partial charge in [0.05, 0.1) is 11.1 Å². The summed E-state index contributed by atoms with van der Waals surface area (Å²) < 4.78 is 0. The van der Waals surface area contributed by atoms with Crippen molar-refractivity contribution in [3.05, 3.63) is 196 Å².